The molecule has 31 heavy (non-hydrogen) atoms. The highest BCUT2D eigenvalue weighted by atomic mass is 16.1. The van der Waals surface area contributed by atoms with Crippen LogP contribution in [0.4, 0.5) is 0 Å². The Kier molecular flexibility index (Phi) is 6.17. The average molecular weight is 412 g/mol. The third kappa shape index (κ3) is 4.53. The van der Waals surface area contributed by atoms with E-state index in [-0.39, 0.29) is 5.91 Å². The predicted molar refractivity (Wildman–Crippen MR) is 127 cm³/mol. The van der Waals surface area contributed by atoms with Gasteiger partial charge in [-0.1, -0.05) is 67.6 Å². The van der Waals surface area contributed by atoms with Crippen molar-refractivity contribution in [3.8, 4) is 11.1 Å². The zero-order chi connectivity index (χ0) is 21.8. The summed E-state index contributed by atoms with van der Waals surface area (Å²) in [6.45, 7) is 5.06. The minimum Gasteiger partial charge on any atom is -0.370 e. The monoisotopic (exact) mass is 411 g/mol. The van der Waals surface area contributed by atoms with Gasteiger partial charge >= 0.3 is 0 Å². The Bertz CT molecular complexity index is 1210. The Morgan fingerprint density at radius 2 is 1.81 bits per heavy atom. The molecule has 4 rings (SSSR count). The van der Waals surface area contributed by atoms with E-state index in [4.69, 9.17) is 10.7 Å². The molecule has 4 nitrogen and oxygen atoms in total. The van der Waals surface area contributed by atoms with Gasteiger partial charge in [0.25, 0.3) is 0 Å². The second-order valence-corrected chi connectivity index (χ2v) is 8.13. The second-order valence-electron chi connectivity index (χ2n) is 8.13. The van der Waals surface area contributed by atoms with Crippen LogP contribution in [0.25, 0.3) is 22.2 Å². The zero-order valence-corrected chi connectivity index (χ0v) is 18.3. The first-order valence-electron chi connectivity index (χ1n) is 11.0. The van der Waals surface area contributed by atoms with Crippen molar-refractivity contribution in [1.29, 1.82) is 0 Å². The summed E-state index contributed by atoms with van der Waals surface area (Å²) in [4.78, 5) is 16.4. The summed E-state index contributed by atoms with van der Waals surface area (Å²) in [5.41, 5.74) is 13.6. The molecule has 4 aromatic rings. The average Bonchev–Trinajstić information content (AvgIpc) is 3.12. The van der Waals surface area contributed by atoms with Crippen LogP contribution in [0.5, 0.6) is 0 Å². The maximum atomic E-state index is 11.5. The van der Waals surface area contributed by atoms with Crippen LogP contribution in [0.2, 0.25) is 0 Å². The number of amides is 1. The molecule has 0 saturated carbocycles. The number of imidazole rings is 1. The number of aryl methyl sites for hydroxylation is 3. The summed E-state index contributed by atoms with van der Waals surface area (Å²) in [5, 5.41) is 0. The van der Waals surface area contributed by atoms with E-state index >= 15 is 0 Å². The van der Waals surface area contributed by atoms with Gasteiger partial charge in [-0.25, -0.2) is 4.98 Å². The minimum atomic E-state index is -0.272. The van der Waals surface area contributed by atoms with Crippen molar-refractivity contribution in [2.24, 2.45) is 5.73 Å². The van der Waals surface area contributed by atoms with Gasteiger partial charge in [-0.15, -0.1) is 0 Å². The van der Waals surface area contributed by atoms with E-state index in [2.05, 4.69) is 66.9 Å². The summed E-state index contributed by atoms with van der Waals surface area (Å²) < 4.78 is 2.33. The molecule has 0 spiro atoms. The molecule has 1 aromatic heterocycles. The third-order valence-corrected chi connectivity index (χ3v) is 5.77. The molecule has 158 valence electrons. The summed E-state index contributed by atoms with van der Waals surface area (Å²) in [5.74, 6) is 0.850. The minimum absolute atomic E-state index is 0.272. The first-order chi connectivity index (χ1) is 15.1. The molecule has 0 aliphatic carbocycles. The number of nitrogens with zero attached hydrogens (tertiary/aromatic N) is 2. The van der Waals surface area contributed by atoms with Crippen LogP contribution in [0, 0.1) is 6.92 Å². The van der Waals surface area contributed by atoms with Gasteiger partial charge in [-0.3, -0.25) is 4.79 Å². The summed E-state index contributed by atoms with van der Waals surface area (Å²) in [7, 11) is 0. The van der Waals surface area contributed by atoms with Crippen LogP contribution >= 0.6 is 0 Å². The van der Waals surface area contributed by atoms with Crippen molar-refractivity contribution in [2.45, 2.75) is 46.1 Å². The Hall–Kier alpha value is -3.40. The highest BCUT2D eigenvalue weighted by molar-refractivity contribution is 5.80. The van der Waals surface area contributed by atoms with E-state index < -0.39 is 0 Å². The predicted octanol–water partition coefficient (Wildman–Crippen LogP) is 5.43. The number of carbonyl (C=O) groups excluding carboxylic acids is 1. The van der Waals surface area contributed by atoms with Gasteiger partial charge in [0.1, 0.15) is 5.82 Å². The van der Waals surface area contributed by atoms with E-state index in [0.717, 1.165) is 47.4 Å². The number of nitrogens with two attached hydrogens (primary N) is 1. The summed E-state index contributed by atoms with van der Waals surface area (Å²) in [6.07, 6.45) is 2.99. The zero-order valence-electron chi connectivity index (χ0n) is 18.3. The normalized spacial score (nSPS) is 11.2. The molecule has 0 aliphatic heterocycles. The molecule has 2 N–H and O–H groups in total. The molecule has 1 heterocycles. The van der Waals surface area contributed by atoms with E-state index in [1.807, 2.05) is 18.2 Å². The number of hydrogen-bond acceptors (Lipinski definition) is 2. The fourth-order valence-corrected chi connectivity index (χ4v) is 4.22. The number of aromatic nitrogens is 2. The number of carbonyl (C=O) groups is 1. The Morgan fingerprint density at radius 1 is 1.00 bits per heavy atom. The highest BCUT2D eigenvalue weighted by Gasteiger charge is 2.14. The number of primary amides is 1. The number of benzene rings is 3. The quantitative estimate of drug-likeness (QED) is 0.420. The van der Waals surface area contributed by atoms with Crippen molar-refractivity contribution in [2.75, 3.05) is 0 Å². The van der Waals surface area contributed by atoms with Gasteiger partial charge in [0.15, 0.2) is 0 Å². The third-order valence-electron chi connectivity index (χ3n) is 5.77. The Balaban J connectivity index is 1.75. The van der Waals surface area contributed by atoms with Gasteiger partial charge in [0, 0.05) is 19.4 Å². The van der Waals surface area contributed by atoms with Crippen LogP contribution in [-0.2, 0) is 24.2 Å². The van der Waals surface area contributed by atoms with Crippen molar-refractivity contribution < 1.29 is 4.79 Å². The molecule has 0 radical (unpaired) electrons. The lowest BCUT2D eigenvalue weighted by atomic mass is 9.94. The number of hydrogen-bond donors (Lipinski definition) is 1. The fraction of sp³-hybridized carbons (Fsp3) is 0.259. The molecule has 0 bridgehead atoms. The SMILES string of the molecule is CCCc1nc2c(C)cccc2n1Cc1ccc(-c2ccccc2)c(CCC(N)=O)c1. The number of rotatable bonds is 8. The topological polar surface area (TPSA) is 60.9 Å². The van der Waals surface area contributed by atoms with Crippen LogP contribution < -0.4 is 5.73 Å². The summed E-state index contributed by atoms with van der Waals surface area (Å²) >= 11 is 0. The molecule has 0 saturated heterocycles. The molecule has 0 unspecified atom stereocenters. The lowest BCUT2D eigenvalue weighted by molar-refractivity contribution is -0.117. The van der Waals surface area contributed by atoms with Crippen LogP contribution in [-0.4, -0.2) is 15.5 Å². The maximum Gasteiger partial charge on any atom is 0.217 e. The molecular formula is C27H29N3O. The van der Waals surface area contributed by atoms with Gasteiger partial charge in [-0.05, 0) is 53.6 Å². The van der Waals surface area contributed by atoms with Gasteiger partial charge in [0.2, 0.25) is 5.91 Å². The Labute approximate surface area is 183 Å². The van der Waals surface area contributed by atoms with E-state index in [1.54, 1.807) is 0 Å². The lowest BCUT2D eigenvalue weighted by Gasteiger charge is -2.14. The first-order valence-corrected chi connectivity index (χ1v) is 11.0. The molecule has 0 fully saturated rings. The molecule has 1 amide bonds. The number of para-hydroxylation sites is 1. The smallest absolute Gasteiger partial charge is 0.217 e. The standard InChI is InChI=1S/C27H29N3O/c1-3-8-26-29-27-19(2)9-7-12-24(27)30(26)18-20-13-15-23(21-10-5-4-6-11-21)22(17-20)14-16-25(28)31/h4-7,9-13,15,17H,3,8,14,16,18H2,1-2H3,(H2,28,31). The fourth-order valence-electron chi connectivity index (χ4n) is 4.22. The van der Waals surface area contributed by atoms with Crippen LogP contribution in [0.1, 0.15) is 42.3 Å². The van der Waals surface area contributed by atoms with Gasteiger partial charge < -0.3 is 10.3 Å². The van der Waals surface area contributed by atoms with Gasteiger partial charge in [-0.2, -0.15) is 0 Å². The Morgan fingerprint density at radius 3 is 2.55 bits per heavy atom. The summed E-state index contributed by atoms with van der Waals surface area (Å²) in [6, 6.07) is 23.3. The van der Waals surface area contributed by atoms with Crippen molar-refractivity contribution >= 4 is 16.9 Å². The first kappa shape index (κ1) is 20.9. The van der Waals surface area contributed by atoms with Crippen LogP contribution in [0.15, 0.2) is 66.7 Å². The van der Waals surface area contributed by atoms with Crippen molar-refractivity contribution in [3.05, 3.63) is 89.2 Å². The molecule has 3 aromatic carbocycles. The largest absolute Gasteiger partial charge is 0.370 e. The van der Waals surface area contributed by atoms with Crippen LogP contribution in [0.3, 0.4) is 0 Å². The van der Waals surface area contributed by atoms with Crippen molar-refractivity contribution in [1.82, 2.24) is 9.55 Å². The molecule has 0 atom stereocenters. The molecule has 4 heteroatoms. The highest BCUT2D eigenvalue weighted by Crippen LogP contribution is 2.28. The lowest BCUT2D eigenvalue weighted by Crippen LogP contribution is -2.12. The van der Waals surface area contributed by atoms with Gasteiger partial charge in [0.05, 0.1) is 11.0 Å². The van der Waals surface area contributed by atoms with E-state index in [0.29, 0.717) is 12.8 Å². The molecule has 0 aliphatic rings. The number of fused-ring (bicyclic) bond motifs is 1. The van der Waals surface area contributed by atoms with E-state index in [1.165, 1.54) is 16.6 Å². The molecular weight excluding hydrogens is 382 g/mol. The maximum absolute atomic E-state index is 11.5. The van der Waals surface area contributed by atoms with E-state index in [9.17, 15) is 4.79 Å². The van der Waals surface area contributed by atoms with Crippen molar-refractivity contribution in [3.63, 3.8) is 0 Å². The second kappa shape index (κ2) is 9.17.